The Hall–Kier alpha value is -1.72. The van der Waals surface area contributed by atoms with Crippen LogP contribution in [0, 0.1) is 5.82 Å². The van der Waals surface area contributed by atoms with E-state index < -0.39 is 5.82 Å². The molecule has 98 valence electrons. The molecule has 1 aliphatic rings. The van der Waals surface area contributed by atoms with Crippen LogP contribution < -0.4 is 4.90 Å². The van der Waals surface area contributed by atoms with Gasteiger partial charge >= 0.3 is 0 Å². The van der Waals surface area contributed by atoms with E-state index in [1.54, 1.807) is 16.8 Å². The summed E-state index contributed by atoms with van der Waals surface area (Å²) in [6.45, 7) is 4.52. The number of aryl methyl sites for hydroxylation is 1. The molecule has 0 saturated carbocycles. The van der Waals surface area contributed by atoms with Gasteiger partial charge in [-0.1, -0.05) is 6.92 Å². The average Bonchev–Trinajstić information content (AvgIpc) is 2.35. The molecule has 1 amide bonds. The highest BCUT2D eigenvalue weighted by Crippen LogP contribution is 2.21. The third kappa shape index (κ3) is 2.14. The van der Waals surface area contributed by atoms with Gasteiger partial charge < -0.3 is 9.80 Å². The summed E-state index contributed by atoms with van der Waals surface area (Å²) in [5.41, 5.74) is 0.388. The standard InChI is InChI=1S/C12H17FN4O/c1-4-9-11(13)12(15-7-14-9)17-5-8(2)16(3)10(18)6-17/h7-8H,4-6H2,1-3H3. The summed E-state index contributed by atoms with van der Waals surface area (Å²) in [6, 6.07) is 0.0469. The van der Waals surface area contributed by atoms with Gasteiger partial charge in [-0.2, -0.15) is 0 Å². The van der Waals surface area contributed by atoms with Gasteiger partial charge in [-0.05, 0) is 13.3 Å². The number of carbonyl (C=O) groups excluding carboxylic acids is 1. The summed E-state index contributed by atoms with van der Waals surface area (Å²) in [5.74, 6) is -0.204. The van der Waals surface area contributed by atoms with Crippen LogP contribution in [0.5, 0.6) is 0 Å². The van der Waals surface area contributed by atoms with Crippen LogP contribution in [0.15, 0.2) is 6.33 Å². The second kappa shape index (κ2) is 4.88. The highest BCUT2D eigenvalue weighted by atomic mass is 19.1. The monoisotopic (exact) mass is 252 g/mol. The maximum Gasteiger partial charge on any atom is 0.242 e. The minimum absolute atomic E-state index is 0.0233. The molecule has 2 rings (SSSR count). The van der Waals surface area contributed by atoms with Crippen LogP contribution in [-0.4, -0.2) is 47.0 Å². The second-order valence-electron chi connectivity index (χ2n) is 4.55. The van der Waals surface area contributed by atoms with E-state index in [1.165, 1.54) is 6.33 Å². The largest absolute Gasteiger partial charge is 0.343 e. The first-order chi connectivity index (χ1) is 8.54. The number of piperazine rings is 1. The van der Waals surface area contributed by atoms with Crippen LogP contribution in [0.4, 0.5) is 10.2 Å². The van der Waals surface area contributed by atoms with Gasteiger partial charge in [0.1, 0.15) is 6.33 Å². The molecule has 1 fully saturated rings. The van der Waals surface area contributed by atoms with Gasteiger partial charge in [0.15, 0.2) is 11.6 Å². The Labute approximate surface area is 106 Å². The summed E-state index contributed by atoms with van der Waals surface area (Å²) in [5, 5.41) is 0. The first kappa shape index (κ1) is 12.7. The smallest absolute Gasteiger partial charge is 0.242 e. The van der Waals surface area contributed by atoms with Gasteiger partial charge in [0, 0.05) is 19.6 Å². The molecule has 0 aliphatic carbocycles. The molecule has 0 spiro atoms. The molecule has 1 aromatic heterocycles. The number of rotatable bonds is 2. The number of amides is 1. The minimum atomic E-state index is -0.412. The van der Waals surface area contributed by atoms with Crippen LogP contribution in [0.2, 0.25) is 0 Å². The number of likely N-dealkylation sites (N-methyl/N-ethyl adjacent to an activating group) is 1. The maximum atomic E-state index is 14.1. The van der Waals surface area contributed by atoms with Crippen molar-refractivity contribution >= 4 is 11.7 Å². The number of anilines is 1. The molecule has 1 unspecified atom stereocenters. The predicted octanol–water partition coefficient (Wildman–Crippen LogP) is 0.845. The van der Waals surface area contributed by atoms with Gasteiger partial charge in [0.2, 0.25) is 5.91 Å². The van der Waals surface area contributed by atoms with Crippen molar-refractivity contribution in [3.8, 4) is 0 Å². The zero-order valence-electron chi connectivity index (χ0n) is 10.9. The van der Waals surface area contributed by atoms with Crippen LogP contribution in [-0.2, 0) is 11.2 Å². The Morgan fingerprint density at radius 2 is 2.22 bits per heavy atom. The summed E-state index contributed by atoms with van der Waals surface area (Å²) >= 11 is 0. The number of nitrogens with zero attached hydrogens (tertiary/aromatic N) is 4. The Bertz CT molecular complexity index is 465. The van der Waals surface area contributed by atoms with Gasteiger partial charge in [0.25, 0.3) is 0 Å². The Kier molecular flexibility index (Phi) is 3.45. The van der Waals surface area contributed by atoms with Crippen molar-refractivity contribution in [1.29, 1.82) is 0 Å². The van der Waals surface area contributed by atoms with Crippen LogP contribution in [0.1, 0.15) is 19.5 Å². The van der Waals surface area contributed by atoms with Crippen molar-refractivity contribution in [2.45, 2.75) is 26.3 Å². The van der Waals surface area contributed by atoms with E-state index >= 15 is 0 Å². The summed E-state index contributed by atoms with van der Waals surface area (Å²) in [6.07, 6.45) is 1.86. The highest BCUT2D eigenvalue weighted by Gasteiger charge is 2.29. The lowest BCUT2D eigenvalue weighted by atomic mass is 10.2. The SMILES string of the molecule is CCc1ncnc(N2CC(=O)N(C)C(C)C2)c1F. The van der Waals surface area contributed by atoms with Crippen molar-refractivity contribution in [1.82, 2.24) is 14.9 Å². The fraction of sp³-hybridized carbons (Fsp3) is 0.583. The topological polar surface area (TPSA) is 49.3 Å². The summed E-state index contributed by atoms with van der Waals surface area (Å²) in [4.78, 5) is 23.0. The van der Waals surface area contributed by atoms with Crippen molar-refractivity contribution in [3.05, 3.63) is 17.8 Å². The van der Waals surface area contributed by atoms with Crippen molar-refractivity contribution < 1.29 is 9.18 Å². The highest BCUT2D eigenvalue weighted by molar-refractivity contribution is 5.82. The third-order valence-corrected chi connectivity index (χ3v) is 3.34. The molecule has 18 heavy (non-hydrogen) atoms. The van der Waals surface area contributed by atoms with E-state index in [9.17, 15) is 9.18 Å². The van der Waals surface area contributed by atoms with Crippen molar-refractivity contribution in [2.75, 3.05) is 25.0 Å². The third-order valence-electron chi connectivity index (χ3n) is 3.34. The fourth-order valence-electron chi connectivity index (χ4n) is 2.05. The van der Waals surface area contributed by atoms with E-state index in [2.05, 4.69) is 9.97 Å². The number of aromatic nitrogens is 2. The molecular formula is C12H17FN4O. The molecule has 0 N–H and O–H groups in total. The van der Waals surface area contributed by atoms with E-state index in [0.717, 1.165) is 0 Å². The fourth-order valence-corrected chi connectivity index (χ4v) is 2.05. The van der Waals surface area contributed by atoms with Gasteiger partial charge in [-0.25, -0.2) is 14.4 Å². The lowest BCUT2D eigenvalue weighted by Gasteiger charge is -2.37. The van der Waals surface area contributed by atoms with Gasteiger partial charge in [0.05, 0.1) is 12.2 Å². The quantitative estimate of drug-likeness (QED) is 0.783. The van der Waals surface area contributed by atoms with Crippen LogP contribution in [0.25, 0.3) is 0 Å². The van der Waals surface area contributed by atoms with E-state index in [1.807, 2.05) is 13.8 Å². The molecule has 0 bridgehead atoms. The Balaban J connectivity index is 2.30. The lowest BCUT2D eigenvalue weighted by molar-refractivity contribution is -0.131. The summed E-state index contributed by atoms with van der Waals surface area (Å²) < 4.78 is 14.1. The molecule has 1 atom stereocenters. The molecule has 6 heteroatoms. The zero-order chi connectivity index (χ0) is 13.3. The van der Waals surface area contributed by atoms with E-state index in [-0.39, 0.29) is 24.3 Å². The van der Waals surface area contributed by atoms with E-state index in [0.29, 0.717) is 18.7 Å². The molecule has 1 aliphatic heterocycles. The molecule has 0 radical (unpaired) electrons. The molecule has 2 heterocycles. The first-order valence-electron chi connectivity index (χ1n) is 6.04. The van der Waals surface area contributed by atoms with Crippen molar-refractivity contribution in [3.63, 3.8) is 0 Å². The number of hydrogen-bond acceptors (Lipinski definition) is 4. The molecule has 5 nitrogen and oxygen atoms in total. The Morgan fingerprint density at radius 1 is 1.50 bits per heavy atom. The second-order valence-corrected chi connectivity index (χ2v) is 4.55. The predicted molar refractivity (Wildman–Crippen MR) is 65.8 cm³/mol. The maximum absolute atomic E-state index is 14.1. The lowest BCUT2D eigenvalue weighted by Crippen LogP contribution is -2.54. The minimum Gasteiger partial charge on any atom is -0.343 e. The molecule has 0 aromatic carbocycles. The van der Waals surface area contributed by atoms with Crippen molar-refractivity contribution in [2.24, 2.45) is 0 Å². The summed E-state index contributed by atoms with van der Waals surface area (Å²) in [7, 11) is 1.76. The van der Waals surface area contributed by atoms with E-state index in [4.69, 9.17) is 0 Å². The normalized spacial score (nSPS) is 20.4. The molecule has 1 saturated heterocycles. The zero-order valence-corrected chi connectivity index (χ0v) is 10.9. The number of hydrogen-bond donors (Lipinski definition) is 0. The first-order valence-corrected chi connectivity index (χ1v) is 6.04. The van der Waals surface area contributed by atoms with Crippen LogP contribution in [0.3, 0.4) is 0 Å². The van der Waals surface area contributed by atoms with Crippen LogP contribution >= 0.6 is 0 Å². The molecule has 1 aromatic rings. The molecular weight excluding hydrogens is 235 g/mol. The number of carbonyl (C=O) groups is 1. The van der Waals surface area contributed by atoms with Gasteiger partial charge in [-0.3, -0.25) is 4.79 Å². The Morgan fingerprint density at radius 3 is 2.83 bits per heavy atom. The van der Waals surface area contributed by atoms with Gasteiger partial charge in [-0.15, -0.1) is 0 Å². The number of halogens is 1. The average molecular weight is 252 g/mol.